The van der Waals surface area contributed by atoms with Gasteiger partial charge in [0, 0.05) is 10.6 Å². The Labute approximate surface area is 206 Å². The van der Waals surface area contributed by atoms with Crippen molar-refractivity contribution in [2.75, 3.05) is 12.4 Å². The molecule has 2 N–H and O–H groups in total. The molecular weight excluding hydrogens is 472 g/mol. The van der Waals surface area contributed by atoms with Crippen molar-refractivity contribution >= 4 is 46.5 Å². The van der Waals surface area contributed by atoms with Crippen molar-refractivity contribution in [3.63, 3.8) is 0 Å². The van der Waals surface area contributed by atoms with Gasteiger partial charge in [-0.15, -0.1) is 0 Å². The molecule has 0 radical (unpaired) electrons. The van der Waals surface area contributed by atoms with E-state index in [1.807, 2.05) is 55.5 Å². The van der Waals surface area contributed by atoms with Crippen molar-refractivity contribution in [2.24, 2.45) is 5.10 Å². The first-order chi connectivity index (χ1) is 16.5. The number of carbonyl (C=O) groups excluding carboxylic acids is 1. The van der Waals surface area contributed by atoms with Crippen LogP contribution in [0, 0.1) is 0 Å². The topological polar surface area (TPSA) is 88.7 Å². The number of amides is 1. The fourth-order valence-electron chi connectivity index (χ4n) is 3.34. The summed E-state index contributed by atoms with van der Waals surface area (Å²) in [5, 5.41) is 15.6. The van der Waals surface area contributed by atoms with Crippen molar-refractivity contribution in [3.05, 3.63) is 82.9 Å². The van der Waals surface area contributed by atoms with Crippen LogP contribution >= 0.6 is 23.4 Å². The van der Waals surface area contributed by atoms with E-state index in [2.05, 4.69) is 15.1 Å². The number of nitrogens with zero attached hydrogens (tertiary/aromatic N) is 3. The number of para-hydroxylation sites is 3. The number of carbonyl (C=O) groups is 1. The molecule has 7 nitrogen and oxygen atoms in total. The van der Waals surface area contributed by atoms with Crippen molar-refractivity contribution in [2.45, 2.75) is 18.6 Å². The van der Waals surface area contributed by atoms with Gasteiger partial charge in [0.25, 0.3) is 5.91 Å². The lowest BCUT2D eigenvalue weighted by Gasteiger charge is -2.09. The molecule has 0 unspecified atom stereocenters. The van der Waals surface area contributed by atoms with Crippen LogP contribution in [0.25, 0.3) is 11.0 Å². The Morgan fingerprint density at radius 3 is 2.76 bits per heavy atom. The smallest absolute Gasteiger partial charge is 0.250 e. The minimum Gasteiger partial charge on any atom is -0.504 e. The molecule has 4 rings (SSSR count). The molecule has 1 amide bonds. The van der Waals surface area contributed by atoms with Gasteiger partial charge >= 0.3 is 0 Å². The van der Waals surface area contributed by atoms with Crippen LogP contribution in [0.4, 0.5) is 0 Å². The third kappa shape index (κ3) is 5.70. The normalized spacial score (nSPS) is 11.2. The Morgan fingerprint density at radius 1 is 1.18 bits per heavy atom. The van der Waals surface area contributed by atoms with Gasteiger partial charge < -0.3 is 14.4 Å². The molecule has 0 aliphatic carbocycles. The van der Waals surface area contributed by atoms with Crippen molar-refractivity contribution < 1.29 is 14.6 Å². The van der Waals surface area contributed by atoms with Gasteiger partial charge in [-0.05, 0) is 48.9 Å². The van der Waals surface area contributed by atoms with Crippen LogP contribution in [0.1, 0.15) is 18.1 Å². The van der Waals surface area contributed by atoms with E-state index in [0.29, 0.717) is 29.5 Å². The number of imidazole rings is 1. The summed E-state index contributed by atoms with van der Waals surface area (Å²) in [4.78, 5) is 17.1. The monoisotopic (exact) mass is 494 g/mol. The summed E-state index contributed by atoms with van der Waals surface area (Å²) in [5.41, 5.74) is 5.88. The first-order valence-corrected chi connectivity index (χ1v) is 12.0. The Hall–Kier alpha value is -3.49. The van der Waals surface area contributed by atoms with E-state index in [1.54, 1.807) is 18.2 Å². The zero-order valence-corrected chi connectivity index (χ0v) is 20.0. The molecule has 0 spiro atoms. The van der Waals surface area contributed by atoms with E-state index in [0.717, 1.165) is 21.8 Å². The van der Waals surface area contributed by atoms with Crippen LogP contribution in [-0.4, -0.2) is 39.1 Å². The van der Waals surface area contributed by atoms with Gasteiger partial charge in [-0.25, -0.2) is 10.4 Å². The summed E-state index contributed by atoms with van der Waals surface area (Å²) in [6.07, 6.45) is 1.39. The zero-order valence-electron chi connectivity index (χ0n) is 18.4. The number of aromatic hydroxyl groups is 1. The zero-order chi connectivity index (χ0) is 23.9. The van der Waals surface area contributed by atoms with Gasteiger partial charge in [-0.3, -0.25) is 4.79 Å². The minimum atomic E-state index is -0.285. The second-order valence-electron chi connectivity index (χ2n) is 7.30. The SMILES string of the molecule is CCOc1cccc(/C=N\NC(=O)CSc2nc3ccccc3n2Cc2ccc(Cl)cc2)c1O. The molecule has 1 heterocycles. The van der Waals surface area contributed by atoms with Crippen LogP contribution in [0.5, 0.6) is 11.5 Å². The first kappa shape index (κ1) is 23.7. The highest BCUT2D eigenvalue weighted by Gasteiger charge is 2.13. The Kier molecular flexibility index (Phi) is 7.72. The molecule has 4 aromatic rings. The van der Waals surface area contributed by atoms with Crippen LogP contribution in [0.3, 0.4) is 0 Å². The number of benzene rings is 3. The lowest BCUT2D eigenvalue weighted by molar-refractivity contribution is -0.118. The highest BCUT2D eigenvalue weighted by molar-refractivity contribution is 7.99. The second-order valence-corrected chi connectivity index (χ2v) is 8.68. The fourth-order valence-corrected chi connectivity index (χ4v) is 4.27. The summed E-state index contributed by atoms with van der Waals surface area (Å²) < 4.78 is 7.44. The number of thioether (sulfide) groups is 1. The van der Waals surface area contributed by atoms with Crippen molar-refractivity contribution in [1.29, 1.82) is 0 Å². The predicted octanol–water partition coefficient (Wildman–Crippen LogP) is 5.08. The quantitative estimate of drug-likeness (QED) is 0.192. The van der Waals surface area contributed by atoms with E-state index >= 15 is 0 Å². The van der Waals surface area contributed by atoms with Gasteiger partial charge in [0.2, 0.25) is 0 Å². The molecule has 174 valence electrons. The summed E-state index contributed by atoms with van der Waals surface area (Å²) in [6, 6.07) is 20.6. The fraction of sp³-hybridized carbons (Fsp3) is 0.160. The van der Waals surface area contributed by atoms with Crippen molar-refractivity contribution in [1.82, 2.24) is 15.0 Å². The number of phenols is 1. The maximum Gasteiger partial charge on any atom is 0.250 e. The number of phenolic OH excluding ortho intramolecular Hbond substituents is 1. The molecule has 34 heavy (non-hydrogen) atoms. The van der Waals surface area contributed by atoms with Gasteiger partial charge in [-0.1, -0.05) is 53.7 Å². The third-order valence-corrected chi connectivity index (χ3v) is 6.16. The average molecular weight is 495 g/mol. The highest BCUT2D eigenvalue weighted by atomic mass is 35.5. The van der Waals surface area contributed by atoms with Gasteiger partial charge in [0.15, 0.2) is 16.7 Å². The highest BCUT2D eigenvalue weighted by Crippen LogP contribution is 2.28. The standard InChI is InChI=1S/C25H23ClN4O3S/c1-2-33-22-9-5-6-18(24(22)32)14-27-29-23(31)16-34-25-28-20-7-3-4-8-21(20)30(25)15-17-10-12-19(26)13-11-17/h3-14,32H,2,15-16H2,1H3,(H,29,31)/b27-14-. The Bertz CT molecular complexity index is 1320. The molecule has 0 atom stereocenters. The summed E-state index contributed by atoms with van der Waals surface area (Å²) in [6.45, 7) is 2.88. The number of fused-ring (bicyclic) bond motifs is 1. The lowest BCUT2D eigenvalue weighted by Crippen LogP contribution is -2.20. The minimum absolute atomic E-state index is 0.0207. The van der Waals surface area contributed by atoms with Gasteiger partial charge in [0.1, 0.15) is 0 Å². The average Bonchev–Trinajstić information content (AvgIpc) is 3.19. The molecule has 0 saturated carbocycles. The number of rotatable bonds is 9. The van der Waals surface area contributed by atoms with Gasteiger partial charge in [-0.2, -0.15) is 5.10 Å². The van der Waals surface area contributed by atoms with E-state index in [-0.39, 0.29) is 17.4 Å². The number of hydrazone groups is 1. The van der Waals surface area contributed by atoms with Crippen LogP contribution < -0.4 is 10.2 Å². The number of hydrogen-bond donors (Lipinski definition) is 2. The molecule has 0 aliphatic heterocycles. The molecule has 1 aromatic heterocycles. The first-order valence-electron chi connectivity index (χ1n) is 10.6. The summed E-state index contributed by atoms with van der Waals surface area (Å²) >= 11 is 7.35. The molecule has 3 aromatic carbocycles. The molecule has 0 saturated heterocycles. The molecule has 9 heteroatoms. The molecular formula is C25H23ClN4O3S. The maximum absolute atomic E-state index is 12.4. The van der Waals surface area contributed by atoms with Crippen LogP contribution in [0.2, 0.25) is 5.02 Å². The molecule has 0 bridgehead atoms. The summed E-state index contributed by atoms with van der Waals surface area (Å²) in [7, 11) is 0. The predicted molar refractivity (Wildman–Crippen MR) is 136 cm³/mol. The molecule has 0 fully saturated rings. The number of ether oxygens (including phenoxy) is 1. The van der Waals surface area contributed by atoms with Crippen molar-refractivity contribution in [3.8, 4) is 11.5 Å². The van der Waals surface area contributed by atoms with E-state index in [1.165, 1.54) is 18.0 Å². The van der Waals surface area contributed by atoms with E-state index < -0.39 is 0 Å². The summed E-state index contributed by atoms with van der Waals surface area (Å²) in [5.74, 6) is 0.194. The number of hydrogen-bond acceptors (Lipinski definition) is 6. The Morgan fingerprint density at radius 2 is 1.97 bits per heavy atom. The third-order valence-electron chi connectivity index (χ3n) is 4.93. The lowest BCUT2D eigenvalue weighted by atomic mass is 10.2. The number of aromatic nitrogens is 2. The number of halogens is 1. The Balaban J connectivity index is 1.43. The number of nitrogens with one attached hydrogen (secondary N) is 1. The van der Waals surface area contributed by atoms with E-state index in [9.17, 15) is 9.90 Å². The molecule has 0 aliphatic rings. The van der Waals surface area contributed by atoms with Crippen LogP contribution in [-0.2, 0) is 11.3 Å². The maximum atomic E-state index is 12.4. The second kappa shape index (κ2) is 11.1. The van der Waals surface area contributed by atoms with E-state index in [4.69, 9.17) is 21.3 Å². The largest absolute Gasteiger partial charge is 0.504 e. The van der Waals surface area contributed by atoms with Crippen LogP contribution in [0.15, 0.2) is 77.0 Å². The van der Waals surface area contributed by atoms with Gasteiger partial charge in [0.05, 0.1) is 36.2 Å².